The Kier molecular flexibility index (Phi) is 4.50. The first-order valence-electron chi connectivity index (χ1n) is 3.07. The highest BCUT2D eigenvalue weighted by molar-refractivity contribution is 4.75. The van der Waals surface area contributed by atoms with Crippen LogP contribution in [0, 0.1) is 0 Å². The van der Waals surface area contributed by atoms with Crippen LogP contribution in [0.15, 0.2) is 0 Å². The number of rotatable bonds is 4. The van der Waals surface area contributed by atoms with Crippen LogP contribution in [-0.4, -0.2) is 46.7 Å². The van der Waals surface area contributed by atoms with Gasteiger partial charge >= 0.3 is 0 Å². The predicted molar refractivity (Wildman–Crippen MR) is 36.1 cm³/mol. The lowest BCUT2D eigenvalue weighted by molar-refractivity contribution is -0.0509. The molecule has 0 radical (unpaired) electrons. The molecule has 0 amide bonds. The third kappa shape index (κ3) is 2.59. The molecule has 0 spiro atoms. The summed E-state index contributed by atoms with van der Waals surface area (Å²) in [6, 6.07) is 0. The smallest absolute Gasteiger partial charge is 0.108 e. The van der Waals surface area contributed by atoms with Crippen LogP contribution >= 0.6 is 0 Å². The Bertz CT molecular complexity index is 81.0. The van der Waals surface area contributed by atoms with Gasteiger partial charge in [-0.2, -0.15) is 0 Å². The van der Waals surface area contributed by atoms with E-state index in [2.05, 4.69) is 0 Å². The van der Waals surface area contributed by atoms with Gasteiger partial charge in [0.05, 0.1) is 12.2 Å². The summed E-state index contributed by atoms with van der Waals surface area (Å²) in [4.78, 5) is 0. The Labute approximate surface area is 59.3 Å². The largest absolute Gasteiger partial charge is 0.389 e. The third-order valence-corrected chi connectivity index (χ3v) is 1.27. The molecule has 0 aliphatic rings. The molecule has 0 fully saturated rings. The second-order valence-corrected chi connectivity index (χ2v) is 2.10. The van der Waals surface area contributed by atoms with Crippen LogP contribution in [0.25, 0.3) is 0 Å². The van der Waals surface area contributed by atoms with Crippen LogP contribution in [0.5, 0.6) is 0 Å². The first-order valence-corrected chi connectivity index (χ1v) is 3.07. The molecule has 0 aromatic rings. The first kappa shape index (κ1) is 9.80. The fourth-order valence-corrected chi connectivity index (χ4v) is 0.535. The molecule has 0 rings (SSSR count). The van der Waals surface area contributed by atoms with Crippen LogP contribution in [-0.2, 0) is 0 Å². The van der Waals surface area contributed by atoms with Crippen molar-refractivity contribution in [3.05, 3.63) is 0 Å². The third-order valence-electron chi connectivity index (χ3n) is 1.27. The average molecular weight is 150 g/mol. The van der Waals surface area contributed by atoms with E-state index in [0.29, 0.717) is 0 Å². The van der Waals surface area contributed by atoms with Crippen LogP contribution in [0.2, 0.25) is 0 Å². The average Bonchev–Trinajstić information content (AvgIpc) is 2.00. The molecular formula is C5H14N2O3. The fourth-order valence-electron chi connectivity index (χ4n) is 0.535. The van der Waals surface area contributed by atoms with Crippen molar-refractivity contribution in [2.45, 2.75) is 18.3 Å². The van der Waals surface area contributed by atoms with Crippen molar-refractivity contribution in [1.82, 2.24) is 0 Å². The van der Waals surface area contributed by atoms with Crippen LogP contribution in [0.1, 0.15) is 0 Å². The zero-order valence-corrected chi connectivity index (χ0v) is 5.64. The van der Waals surface area contributed by atoms with E-state index < -0.39 is 18.3 Å². The van der Waals surface area contributed by atoms with Gasteiger partial charge in [0.15, 0.2) is 0 Å². The van der Waals surface area contributed by atoms with Crippen molar-refractivity contribution in [2.75, 3.05) is 13.1 Å². The Morgan fingerprint density at radius 3 is 1.40 bits per heavy atom. The van der Waals surface area contributed by atoms with Crippen molar-refractivity contribution >= 4 is 0 Å². The summed E-state index contributed by atoms with van der Waals surface area (Å²) < 4.78 is 0. The maximum absolute atomic E-state index is 8.93. The van der Waals surface area contributed by atoms with E-state index in [1.165, 1.54) is 0 Å². The number of aliphatic hydroxyl groups excluding tert-OH is 3. The molecule has 0 aliphatic carbocycles. The van der Waals surface area contributed by atoms with Crippen LogP contribution < -0.4 is 11.5 Å². The highest BCUT2D eigenvalue weighted by Crippen LogP contribution is 1.96. The molecule has 10 heavy (non-hydrogen) atoms. The van der Waals surface area contributed by atoms with Crippen molar-refractivity contribution < 1.29 is 15.3 Å². The van der Waals surface area contributed by atoms with Gasteiger partial charge in [0.25, 0.3) is 0 Å². The van der Waals surface area contributed by atoms with E-state index in [0.717, 1.165) is 0 Å². The van der Waals surface area contributed by atoms with Gasteiger partial charge in [0.2, 0.25) is 0 Å². The highest BCUT2D eigenvalue weighted by Gasteiger charge is 2.21. The Hall–Kier alpha value is -0.200. The maximum Gasteiger partial charge on any atom is 0.108 e. The molecule has 0 heterocycles. The molecule has 5 heteroatoms. The van der Waals surface area contributed by atoms with Gasteiger partial charge in [-0.05, 0) is 0 Å². The van der Waals surface area contributed by atoms with Gasteiger partial charge < -0.3 is 26.8 Å². The molecular weight excluding hydrogens is 136 g/mol. The predicted octanol–water partition coefficient (Wildman–Crippen LogP) is -3.01. The molecule has 2 atom stereocenters. The summed E-state index contributed by atoms with van der Waals surface area (Å²) >= 11 is 0. The van der Waals surface area contributed by atoms with Gasteiger partial charge in [0.1, 0.15) is 6.10 Å². The van der Waals surface area contributed by atoms with Crippen molar-refractivity contribution in [3.63, 3.8) is 0 Å². The summed E-state index contributed by atoms with van der Waals surface area (Å²) in [7, 11) is 0. The second kappa shape index (κ2) is 4.59. The summed E-state index contributed by atoms with van der Waals surface area (Å²) in [5.41, 5.74) is 10.0. The van der Waals surface area contributed by atoms with Gasteiger partial charge in [-0.3, -0.25) is 0 Å². The second-order valence-electron chi connectivity index (χ2n) is 2.10. The van der Waals surface area contributed by atoms with E-state index in [4.69, 9.17) is 26.8 Å². The van der Waals surface area contributed by atoms with Gasteiger partial charge in [-0.15, -0.1) is 0 Å². The Balaban J connectivity index is 3.69. The minimum atomic E-state index is -1.24. The molecule has 62 valence electrons. The van der Waals surface area contributed by atoms with Gasteiger partial charge in [-0.1, -0.05) is 0 Å². The van der Waals surface area contributed by atoms with E-state index in [1.807, 2.05) is 0 Å². The zero-order valence-electron chi connectivity index (χ0n) is 5.64. The normalized spacial score (nSPS) is 17.4. The summed E-state index contributed by atoms with van der Waals surface area (Å²) in [6.07, 6.45) is -3.44. The molecule has 0 saturated heterocycles. The van der Waals surface area contributed by atoms with Crippen molar-refractivity contribution in [2.24, 2.45) is 11.5 Å². The van der Waals surface area contributed by atoms with Crippen molar-refractivity contribution in [1.29, 1.82) is 0 Å². The molecule has 0 aromatic heterocycles. The summed E-state index contributed by atoms with van der Waals surface area (Å²) in [5, 5.41) is 26.6. The highest BCUT2D eigenvalue weighted by atomic mass is 16.4. The molecule has 0 saturated carbocycles. The summed E-state index contributed by atoms with van der Waals surface area (Å²) in [5.74, 6) is 0. The lowest BCUT2D eigenvalue weighted by Gasteiger charge is -2.19. The molecule has 0 aliphatic heterocycles. The topological polar surface area (TPSA) is 113 Å². The van der Waals surface area contributed by atoms with Gasteiger partial charge in [0, 0.05) is 13.1 Å². The van der Waals surface area contributed by atoms with Crippen molar-refractivity contribution in [3.8, 4) is 0 Å². The standard InChI is InChI=1S/C5H14N2O3/c6-1-3(8)5(10)4(9)2-7/h3-5,8-10H,1-2,6-7H2/t3-,4-/m1/s1. The monoisotopic (exact) mass is 150 g/mol. The van der Waals surface area contributed by atoms with Crippen LogP contribution in [0.3, 0.4) is 0 Å². The maximum atomic E-state index is 8.93. The van der Waals surface area contributed by atoms with E-state index in [9.17, 15) is 0 Å². The lowest BCUT2D eigenvalue weighted by Crippen LogP contribution is -2.44. The quantitative estimate of drug-likeness (QED) is 0.293. The van der Waals surface area contributed by atoms with E-state index >= 15 is 0 Å². The minimum Gasteiger partial charge on any atom is -0.389 e. The summed E-state index contributed by atoms with van der Waals surface area (Å²) in [6.45, 7) is -0.170. The minimum absolute atomic E-state index is 0.0851. The number of aliphatic hydroxyl groups is 3. The molecule has 0 bridgehead atoms. The molecule has 0 aromatic carbocycles. The Morgan fingerprint density at radius 1 is 0.900 bits per heavy atom. The molecule has 7 N–H and O–H groups in total. The number of nitrogens with two attached hydrogens (primary N) is 2. The Morgan fingerprint density at radius 2 is 1.20 bits per heavy atom. The van der Waals surface area contributed by atoms with E-state index in [1.54, 1.807) is 0 Å². The zero-order chi connectivity index (χ0) is 8.15. The lowest BCUT2D eigenvalue weighted by atomic mass is 10.1. The van der Waals surface area contributed by atoms with Gasteiger partial charge in [-0.25, -0.2) is 0 Å². The van der Waals surface area contributed by atoms with Crippen LogP contribution in [0.4, 0.5) is 0 Å². The fraction of sp³-hybridized carbons (Fsp3) is 1.00. The van der Waals surface area contributed by atoms with E-state index in [-0.39, 0.29) is 13.1 Å². The number of hydrogen-bond donors (Lipinski definition) is 5. The molecule has 5 nitrogen and oxygen atoms in total. The SMILES string of the molecule is NC[C@@H](O)C(O)[C@H](O)CN. The number of hydrogen-bond acceptors (Lipinski definition) is 5. The first-order chi connectivity index (χ1) is 4.63. The molecule has 0 unspecified atom stereocenters.